The van der Waals surface area contributed by atoms with Crippen molar-refractivity contribution in [1.29, 1.82) is 0 Å². The first-order chi connectivity index (χ1) is 17.6. The van der Waals surface area contributed by atoms with E-state index < -0.39 is 11.7 Å². The van der Waals surface area contributed by atoms with Gasteiger partial charge in [0.2, 0.25) is 11.7 Å². The van der Waals surface area contributed by atoms with Gasteiger partial charge in [0.1, 0.15) is 18.9 Å². The Hall–Kier alpha value is -4.21. The lowest BCUT2D eigenvalue weighted by molar-refractivity contribution is -0.124. The van der Waals surface area contributed by atoms with Crippen LogP contribution in [-0.4, -0.2) is 49.6 Å². The average Bonchev–Trinajstić information content (AvgIpc) is 3.36. The van der Waals surface area contributed by atoms with Gasteiger partial charge in [-0.25, -0.2) is 4.39 Å². The number of carbonyl (C=O) groups excluding carboxylic acids is 2. The molecule has 0 unspecified atom stereocenters. The fourth-order valence-electron chi connectivity index (χ4n) is 4.46. The molecule has 1 saturated carbocycles. The SMILES string of the molecule is O=C(CN(C(=O)Cn1nnc(-c2ccccc2F)n1)c1cnc2ccccc2c1)NC1CCCCC1. The van der Waals surface area contributed by atoms with Crippen molar-refractivity contribution in [2.24, 2.45) is 0 Å². The highest BCUT2D eigenvalue weighted by Crippen LogP contribution is 2.22. The number of benzene rings is 2. The first-order valence-electron chi connectivity index (χ1n) is 12.0. The molecule has 0 radical (unpaired) electrons. The minimum absolute atomic E-state index is 0.0786. The smallest absolute Gasteiger partial charge is 0.251 e. The first-order valence-corrected chi connectivity index (χ1v) is 12.0. The molecule has 10 heteroatoms. The summed E-state index contributed by atoms with van der Waals surface area (Å²) in [5.74, 6) is -1.05. The van der Waals surface area contributed by atoms with E-state index in [9.17, 15) is 14.0 Å². The highest BCUT2D eigenvalue weighted by Gasteiger charge is 2.24. The molecule has 1 fully saturated rings. The summed E-state index contributed by atoms with van der Waals surface area (Å²) in [5, 5.41) is 15.9. The summed E-state index contributed by atoms with van der Waals surface area (Å²) in [6.07, 6.45) is 6.82. The Kier molecular flexibility index (Phi) is 6.92. The molecule has 2 amide bonds. The Bertz CT molecular complexity index is 1380. The van der Waals surface area contributed by atoms with Crippen LogP contribution in [0.4, 0.5) is 10.1 Å². The maximum Gasteiger partial charge on any atom is 0.251 e. The van der Waals surface area contributed by atoms with Gasteiger partial charge < -0.3 is 5.32 Å². The average molecular weight is 488 g/mol. The number of halogens is 1. The Morgan fingerprint density at radius 3 is 2.67 bits per heavy atom. The zero-order valence-electron chi connectivity index (χ0n) is 19.7. The van der Waals surface area contributed by atoms with Gasteiger partial charge in [0, 0.05) is 11.4 Å². The lowest BCUT2D eigenvalue weighted by atomic mass is 9.95. The normalized spacial score (nSPS) is 14.0. The molecule has 4 aromatic rings. The van der Waals surface area contributed by atoms with Crippen molar-refractivity contribution in [2.45, 2.75) is 44.7 Å². The number of nitrogens with zero attached hydrogens (tertiary/aromatic N) is 6. The number of carbonyl (C=O) groups is 2. The Labute approximate surface area is 207 Å². The minimum Gasteiger partial charge on any atom is -0.352 e. The number of aromatic nitrogens is 5. The molecule has 0 saturated heterocycles. The van der Waals surface area contributed by atoms with Gasteiger partial charge in [-0.2, -0.15) is 4.80 Å². The molecule has 1 N–H and O–H groups in total. The lowest BCUT2D eigenvalue weighted by Gasteiger charge is -2.26. The van der Waals surface area contributed by atoms with Crippen LogP contribution in [-0.2, 0) is 16.1 Å². The van der Waals surface area contributed by atoms with Gasteiger partial charge in [0.05, 0.1) is 23.0 Å². The Morgan fingerprint density at radius 2 is 1.83 bits per heavy atom. The van der Waals surface area contributed by atoms with Gasteiger partial charge in [-0.15, -0.1) is 10.2 Å². The van der Waals surface area contributed by atoms with Gasteiger partial charge in [0.15, 0.2) is 0 Å². The van der Waals surface area contributed by atoms with Crippen LogP contribution in [0.1, 0.15) is 32.1 Å². The summed E-state index contributed by atoms with van der Waals surface area (Å²) in [5.41, 5.74) is 1.47. The number of fused-ring (bicyclic) bond motifs is 1. The summed E-state index contributed by atoms with van der Waals surface area (Å²) < 4.78 is 14.1. The quantitative estimate of drug-likeness (QED) is 0.428. The van der Waals surface area contributed by atoms with E-state index in [1.807, 2.05) is 30.3 Å². The van der Waals surface area contributed by atoms with Gasteiger partial charge >= 0.3 is 0 Å². The van der Waals surface area contributed by atoms with Crippen LogP contribution in [0.5, 0.6) is 0 Å². The van der Waals surface area contributed by atoms with Gasteiger partial charge in [-0.3, -0.25) is 19.5 Å². The third kappa shape index (κ3) is 5.37. The molecule has 184 valence electrons. The molecular weight excluding hydrogens is 461 g/mol. The molecule has 9 nitrogen and oxygen atoms in total. The summed E-state index contributed by atoms with van der Waals surface area (Å²) in [6.45, 7) is -0.435. The predicted octanol–water partition coefficient (Wildman–Crippen LogP) is 3.51. The number of amides is 2. The summed E-state index contributed by atoms with van der Waals surface area (Å²) in [4.78, 5) is 33.3. The molecule has 1 aliphatic carbocycles. The summed E-state index contributed by atoms with van der Waals surface area (Å²) >= 11 is 0. The number of pyridine rings is 1. The second kappa shape index (κ2) is 10.6. The van der Waals surface area contributed by atoms with Crippen LogP contribution in [0.3, 0.4) is 0 Å². The van der Waals surface area contributed by atoms with E-state index in [1.165, 1.54) is 17.4 Å². The van der Waals surface area contributed by atoms with Crippen LogP contribution in [0.15, 0.2) is 60.8 Å². The number of hydrogen-bond acceptors (Lipinski definition) is 6. The lowest BCUT2D eigenvalue weighted by Crippen LogP contribution is -2.46. The second-order valence-electron chi connectivity index (χ2n) is 8.89. The molecule has 0 aliphatic heterocycles. The van der Waals surface area contributed by atoms with Crippen molar-refractivity contribution < 1.29 is 14.0 Å². The van der Waals surface area contributed by atoms with Crippen LogP contribution in [0, 0.1) is 5.82 Å². The number of hydrogen-bond donors (Lipinski definition) is 1. The maximum absolute atomic E-state index is 14.1. The molecule has 0 atom stereocenters. The van der Waals surface area contributed by atoms with E-state index in [0.29, 0.717) is 5.69 Å². The minimum atomic E-state index is -0.480. The number of rotatable bonds is 7. The Morgan fingerprint density at radius 1 is 1.06 bits per heavy atom. The van der Waals surface area contributed by atoms with Gasteiger partial charge in [-0.05, 0) is 42.3 Å². The van der Waals surface area contributed by atoms with Crippen molar-refractivity contribution in [3.05, 3.63) is 66.6 Å². The van der Waals surface area contributed by atoms with E-state index in [2.05, 4.69) is 25.7 Å². The van der Waals surface area contributed by atoms with Crippen molar-refractivity contribution in [3.8, 4) is 11.4 Å². The number of tetrazole rings is 1. The van der Waals surface area contributed by atoms with Crippen LogP contribution >= 0.6 is 0 Å². The van der Waals surface area contributed by atoms with Crippen molar-refractivity contribution in [3.63, 3.8) is 0 Å². The fraction of sp³-hybridized carbons (Fsp3) is 0.308. The molecule has 5 rings (SSSR count). The van der Waals surface area contributed by atoms with E-state index in [-0.39, 0.29) is 36.4 Å². The molecule has 2 aromatic heterocycles. The number of para-hydroxylation sites is 1. The molecule has 36 heavy (non-hydrogen) atoms. The maximum atomic E-state index is 14.1. The summed E-state index contributed by atoms with van der Waals surface area (Å²) in [6, 6.07) is 15.6. The Balaban J connectivity index is 1.37. The fourth-order valence-corrected chi connectivity index (χ4v) is 4.46. The van der Waals surface area contributed by atoms with Gasteiger partial charge in [-0.1, -0.05) is 49.6 Å². The highest BCUT2D eigenvalue weighted by molar-refractivity contribution is 5.99. The van der Waals surface area contributed by atoms with E-state index in [1.54, 1.807) is 24.4 Å². The molecular formula is C26H26FN7O2. The van der Waals surface area contributed by atoms with Crippen molar-refractivity contribution >= 4 is 28.4 Å². The van der Waals surface area contributed by atoms with E-state index in [0.717, 1.165) is 41.4 Å². The van der Waals surface area contributed by atoms with Crippen molar-refractivity contribution in [2.75, 3.05) is 11.4 Å². The predicted molar refractivity (Wildman–Crippen MR) is 132 cm³/mol. The molecule has 0 bridgehead atoms. The molecule has 1 aliphatic rings. The van der Waals surface area contributed by atoms with Crippen LogP contribution in [0.2, 0.25) is 0 Å². The molecule has 2 heterocycles. The summed E-state index contributed by atoms with van der Waals surface area (Å²) in [7, 11) is 0. The third-order valence-electron chi connectivity index (χ3n) is 6.31. The topological polar surface area (TPSA) is 106 Å². The third-order valence-corrected chi connectivity index (χ3v) is 6.31. The van der Waals surface area contributed by atoms with Crippen LogP contribution in [0.25, 0.3) is 22.3 Å². The van der Waals surface area contributed by atoms with Gasteiger partial charge in [0.25, 0.3) is 5.91 Å². The second-order valence-corrected chi connectivity index (χ2v) is 8.89. The van der Waals surface area contributed by atoms with E-state index >= 15 is 0 Å². The highest BCUT2D eigenvalue weighted by atomic mass is 19.1. The number of nitrogens with one attached hydrogen (secondary N) is 1. The largest absolute Gasteiger partial charge is 0.352 e. The monoisotopic (exact) mass is 487 g/mol. The van der Waals surface area contributed by atoms with Crippen LogP contribution < -0.4 is 10.2 Å². The first kappa shape index (κ1) is 23.5. The number of anilines is 1. The molecule has 0 spiro atoms. The van der Waals surface area contributed by atoms with Crippen molar-refractivity contribution in [1.82, 2.24) is 30.5 Å². The molecule has 2 aromatic carbocycles. The van der Waals surface area contributed by atoms with E-state index in [4.69, 9.17) is 0 Å². The zero-order valence-corrected chi connectivity index (χ0v) is 19.7. The zero-order chi connectivity index (χ0) is 24.9. The standard InChI is InChI=1S/C26H26FN7O2/c27-22-12-6-5-11-21(22)26-30-32-34(31-26)17-25(36)33(16-24(35)29-19-9-2-1-3-10-19)20-14-18-8-4-7-13-23(18)28-15-20/h4-8,11-15,19H,1-3,9-10,16-17H2,(H,29,35).